The van der Waals surface area contributed by atoms with Crippen LogP contribution in [0, 0.1) is 11.8 Å². The number of rotatable bonds is 8. The number of nitrogens with zero attached hydrogens (tertiary/aromatic N) is 1. The van der Waals surface area contributed by atoms with Crippen molar-refractivity contribution >= 4 is 0 Å². The SMILES string of the molecule is CC(C)CCCCCCCN1CCC(C)CC1. The van der Waals surface area contributed by atoms with Crippen molar-refractivity contribution in [1.29, 1.82) is 0 Å². The van der Waals surface area contributed by atoms with Crippen molar-refractivity contribution in [2.24, 2.45) is 11.8 Å². The first-order chi connectivity index (χ1) is 8.18. The number of piperidine rings is 1. The van der Waals surface area contributed by atoms with Gasteiger partial charge < -0.3 is 4.90 Å². The van der Waals surface area contributed by atoms with E-state index in [2.05, 4.69) is 25.7 Å². The summed E-state index contributed by atoms with van der Waals surface area (Å²) in [5.41, 5.74) is 0. The molecule has 1 saturated heterocycles. The Labute approximate surface area is 109 Å². The second kappa shape index (κ2) is 8.97. The lowest BCUT2D eigenvalue weighted by Crippen LogP contribution is -2.33. The molecule has 0 amide bonds. The molecular formula is C16H33N. The Morgan fingerprint density at radius 3 is 2.18 bits per heavy atom. The van der Waals surface area contributed by atoms with Crippen LogP contribution in [0.25, 0.3) is 0 Å². The molecule has 0 aliphatic carbocycles. The van der Waals surface area contributed by atoms with Crippen molar-refractivity contribution in [3.05, 3.63) is 0 Å². The first-order valence-electron chi connectivity index (χ1n) is 7.91. The molecule has 1 nitrogen and oxygen atoms in total. The fraction of sp³-hybridized carbons (Fsp3) is 1.00. The van der Waals surface area contributed by atoms with E-state index < -0.39 is 0 Å². The van der Waals surface area contributed by atoms with Crippen molar-refractivity contribution in [2.75, 3.05) is 19.6 Å². The minimum atomic E-state index is 0.894. The summed E-state index contributed by atoms with van der Waals surface area (Å²) in [5, 5.41) is 0. The molecule has 1 heterocycles. The molecule has 0 unspecified atom stereocenters. The number of unbranched alkanes of at least 4 members (excludes halogenated alkanes) is 4. The van der Waals surface area contributed by atoms with Gasteiger partial charge in [-0.05, 0) is 50.7 Å². The van der Waals surface area contributed by atoms with Crippen LogP contribution < -0.4 is 0 Å². The predicted molar refractivity (Wildman–Crippen MR) is 77.4 cm³/mol. The van der Waals surface area contributed by atoms with Crippen molar-refractivity contribution in [1.82, 2.24) is 4.90 Å². The molecule has 1 rings (SSSR count). The third kappa shape index (κ3) is 7.81. The smallest absolute Gasteiger partial charge is 0.00162 e. The molecule has 0 bridgehead atoms. The van der Waals surface area contributed by atoms with Gasteiger partial charge in [-0.25, -0.2) is 0 Å². The summed E-state index contributed by atoms with van der Waals surface area (Å²) in [6, 6.07) is 0. The molecule has 1 heteroatoms. The average Bonchev–Trinajstić information content (AvgIpc) is 2.30. The maximum absolute atomic E-state index is 2.67. The first-order valence-corrected chi connectivity index (χ1v) is 7.91. The highest BCUT2D eigenvalue weighted by Gasteiger charge is 2.14. The highest BCUT2D eigenvalue weighted by molar-refractivity contribution is 4.69. The minimum Gasteiger partial charge on any atom is -0.303 e. The summed E-state index contributed by atoms with van der Waals surface area (Å²) in [6.45, 7) is 11.1. The largest absolute Gasteiger partial charge is 0.303 e. The van der Waals surface area contributed by atoms with Gasteiger partial charge in [-0.15, -0.1) is 0 Å². The molecule has 0 radical (unpaired) electrons. The van der Waals surface area contributed by atoms with E-state index in [9.17, 15) is 0 Å². The molecule has 1 aliphatic rings. The molecule has 1 aliphatic heterocycles. The highest BCUT2D eigenvalue weighted by Crippen LogP contribution is 2.17. The van der Waals surface area contributed by atoms with Crippen LogP contribution >= 0.6 is 0 Å². The van der Waals surface area contributed by atoms with Crippen LogP contribution in [-0.2, 0) is 0 Å². The van der Waals surface area contributed by atoms with Gasteiger partial charge >= 0.3 is 0 Å². The van der Waals surface area contributed by atoms with Crippen LogP contribution in [0.15, 0.2) is 0 Å². The third-order valence-corrected chi connectivity index (χ3v) is 4.13. The zero-order chi connectivity index (χ0) is 12.5. The van der Waals surface area contributed by atoms with Crippen LogP contribution in [0.3, 0.4) is 0 Å². The van der Waals surface area contributed by atoms with Crippen LogP contribution in [0.1, 0.15) is 72.1 Å². The van der Waals surface area contributed by atoms with E-state index in [1.807, 2.05) is 0 Å². The van der Waals surface area contributed by atoms with E-state index in [0.717, 1.165) is 11.8 Å². The fourth-order valence-electron chi connectivity index (χ4n) is 2.70. The van der Waals surface area contributed by atoms with E-state index in [1.165, 1.54) is 71.0 Å². The second-order valence-electron chi connectivity index (χ2n) is 6.47. The Morgan fingerprint density at radius 1 is 0.941 bits per heavy atom. The maximum Gasteiger partial charge on any atom is -0.00162 e. The molecule has 0 saturated carbocycles. The topological polar surface area (TPSA) is 3.24 Å². The monoisotopic (exact) mass is 239 g/mol. The van der Waals surface area contributed by atoms with Crippen molar-refractivity contribution in [3.8, 4) is 0 Å². The average molecular weight is 239 g/mol. The number of likely N-dealkylation sites (tertiary alicyclic amines) is 1. The summed E-state index contributed by atoms with van der Waals surface area (Å²) in [4.78, 5) is 2.67. The number of hydrogen-bond donors (Lipinski definition) is 0. The standard InChI is InChI=1S/C16H33N/c1-15(2)9-7-5-4-6-8-12-17-13-10-16(3)11-14-17/h15-16H,4-14H2,1-3H3. The van der Waals surface area contributed by atoms with E-state index in [4.69, 9.17) is 0 Å². The third-order valence-electron chi connectivity index (χ3n) is 4.13. The van der Waals surface area contributed by atoms with Gasteiger partial charge in [-0.2, -0.15) is 0 Å². The van der Waals surface area contributed by atoms with E-state index in [1.54, 1.807) is 0 Å². The molecule has 0 N–H and O–H groups in total. The molecule has 0 aromatic rings. The lowest BCUT2D eigenvalue weighted by Gasteiger charge is -2.30. The predicted octanol–water partition coefficient (Wildman–Crippen LogP) is 4.71. The summed E-state index contributed by atoms with van der Waals surface area (Å²) >= 11 is 0. The Morgan fingerprint density at radius 2 is 1.53 bits per heavy atom. The Bertz CT molecular complexity index is 168. The van der Waals surface area contributed by atoms with E-state index in [0.29, 0.717) is 0 Å². The lowest BCUT2D eigenvalue weighted by atomic mass is 9.99. The van der Waals surface area contributed by atoms with Crippen LogP contribution in [0.5, 0.6) is 0 Å². The van der Waals surface area contributed by atoms with E-state index >= 15 is 0 Å². The minimum absolute atomic E-state index is 0.894. The van der Waals surface area contributed by atoms with Crippen LogP contribution in [-0.4, -0.2) is 24.5 Å². The zero-order valence-electron chi connectivity index (χ0n) is 12.4. The normalized spacial score (nSPS) is 19.1. The summed E-state index contributed by atoms with van der Waals surface area (Å²) < 4.78 is 0. The molecule has 0 spiro atoms. The Balaban J connectivity index is 1.84. The highest BCUT2D eigenvalue weighted by atomic mass is 15.1. The molecule has 0 atom stereocenters. The van der Waals surface area contributed by atoms with Crippen molar-refractivity contribution in [3.63, 3.8) is 0 Å². The van der Waals surface area contributed by atoms with Gasteiger partial charge in [0, 0.05) is 0 Å². The maximum atomic E-state index is 2.67. The van der Waals surface area contributed by atoms with Crippen molar-refractivity contribution in [2.45, 2.75) is 72.1 Å². The van der Waals surface area contributed by atoms with Gasteiger partial charge in [0.15, 0.2) is 0 Å². The molecule has 0 aromatic carbocycles. The van der Waals surface area contributed by atoms with Crippen LogP contribution in [0.2, 0.25) is 0 Å². The van der Waals surface area contributed by atoms with Gasteiger partial charge in [0.25, 0.3) is 0 Å². The zero-order valence-corrected chi connectivity index (χ0v) is 12.4. The molecule has 1 fully saturated rings. The summed E-state index contributed by atoms with van der Waals surface area (Å²) in [5.74, 6) is 1.87. The quantitative estimate of drug-likeness (QED) is 0.554. The van der Waals surface area contributed by atoms with Crippen molar-refractivity contribution < 1.29 is 0 Å². The summed E-state index contributed by atoms with van der Waals surface area (Å²) in [7, 11) is 0. The fourth-order valence-corrected chi connectivity index (χ4v) is 2.70. The summed E-state index contributed by atoms with van der Waals surface area (Å²) in [6.07, 6.45) is 11.5. The first kappa shape index (κ1) is 15.0. The second-order valence-corrected chi connectivity index (χ2v) is 6.47. The van der Waals surface area contributed by atoms with Gasteiger partial charge in [-0.1, -0.05) is 52.9 Å². The molecular weight excluding hydrogens is 206 g/mol. The molecule has 17 heavy (non-hydrogen) atoms. The Kier molecular flexibility index (Phi) is 7.92. The Hall–Kier alpha value is -0.0400. The lowest BCUT2D eigenvalue weighted by molar-refractivity contribution is 0.189. The van der Waals surface area contributed by atoms with E-state index in [-0.39, 0.29) is 0 Å². The van der Waals surface area contributed by atoms with Gasteiger partial charge in [-0.3, -0.25) is 0 Å². The van der Waals surface area contributed by atoms with Crippen LogP contribution in [0.4, 0.5) is 0 Å². The van der Waals surface area contributed by atoms with Gasteiger partial charge in [0.05, 0.1) is 0 Å². The number of hydrogen-bond acceptors (Lipinski definition) is 1. The molecule has 102 valence electrons. The van der Waals surface area contributed by atoms with Gasteiger partial charge in [0.1, 0.15) is 0 Å². The molecule has 0 aromatic heterocycles. The van der Waals surface area contributed by atoms with Gasteiger partial charge in [0.2, 0.25) is 0 Å².